The third-order valence-electron chi connectivity index (χ3n) is 4.03. The van der Waals surface area contributed by atoms with Crippen LogP contribution in [0.1, 0.15) is 20.3 Å². The minimum Gasteiger partial charge on any atom is -0.323 e. The molecule has 0 saturated heterocycles. The fourth-order valence-corrected chi connectivity index (χ4v) is 3.50. The molecular weight excluding hydrogens is 417 g/mol. The molecule has 0 bridgehead atoms. The number of aromatic nitrogens is 4. The zero-order valence-electron chi connectivity index (χ0n) is 15.9. The lowest BCUT2D eigenvalue weighted by Gasteiger charge is -2.13. The molecule has 29 heavy (non-hydrogen) atoms. The molecule has 152 valence electrons. The zero-order chi connectivity index (χ0) is 21.0. The van der Waals surface area contributed by atoms with Gasteiger partial charge in [-0.05, 0) is 30.5 Å². The average molecular weight is 436 g/mol. The highest BCUT2D eigenvalue weighted by atomic mass is 35.5. The quantitative estimate of drug-likeness (QED) is 0.449. The Labute approximate surface area is 175 Å². The number of nitrogens with zero attached hydrogens (tertiary/aromatic N) is 4. The van der Waals surface area contributed by atoms with Gasteiger partial charge in [0.15, 0.2) is 16.3 Å². The molecule has 0 radical (unpaired) electrons. The maximum absolute atomic E-state index is 13.9. The van der Waals surface area contributed by atoms with Crippen molar-refractivity contribution in [2.45, 2.75) is 32.0 Å². The maximum Gasteiger partial charge on any atom is 0.282 e. The van der Waals surface area contributed by atoms with Gasteiger partial charge in [-0.2, -0.15) is 0 Å². The Hall–Kier alpha value is -2.52. The first kappa shape index (κ1) is 21.2. The maximum atomic E-state index is 13.9. The minimum atomic E-state index is -0.621. The molecule has 0 unspecified atom stereocenters. The summed E-state index contributed by atoms with van der Waals surface area (Å²) in [5.74, 6) is -0.723. The summed E-state index contributed by atoms with van der Waals surface area (Å²) in [6.45, 7) is 4.56. The van der Waals surface area contributed by atoms with E-state index in [9.17, 15) is 14.0 Å². The summed E-state index contributed by atoms with van der Waals surface area (Å²) < 4.78 is 15.4. The van der Waals surface area contributed by atoms with E-state index in [2.05, 4.69) is 34.1 Å². The second-order valence-corrected chi connectivity index (χ2v) is 8.10. The van der Waals surface area contributed by atoms with Crippen molar-refractivity contribution in [3.63, 3.8) is 0 Å². The van der Waals surface area contributed by atoms with Crippen LogP contribution < -0.4 is 10.9 Å². The first-order valence-corrected chi connectivity index (χ1v) is 10.3. The molecule has 0 saturated carbocycles. The number of amides is 1. The van der Waals surface area contributed by atoms with Gasteiger partial charge in [0.05, 0.1) is 11.4 Å². The Morgan fingerprint density at radius 3 is 2.79 bits per heavy atom. The Bertz CT molecular complexity index is 1110. The number of hydrogen-bond acceptors (Lipinski definition) is 6. The fourth-order valence-electron chi connectivity index (χ4n) is 2.53. The van der Waals surface area contributed by atoms with Crippen molar-refractivity contribution in [2.24, 2.45) is 5.92 Å². The highest BCUT2D eigenvalue weighted by Gasteiger charge is 2.16. The van der Waals surface area contributed by atoms with Crippen molar-refractivity contribution < 1.29 is 9.18 Å². The van der Waals surface area contributed by atoms with E-state index >= 15 is 0 Å². The van der Waals surface area contributed by atoms with Crippen LogP contribution in [0.2, 0.25) is 5.02 Å². The zero-order valence-corrected chi connectivity index (χ0v) is 17.4. The molecule has 0 aliphatic carbocycles. The van der Waals surface area contributed by atoms with Crippen molar-refractivity contribution in [1.29, 1.82) is 0 Å². The third-order valence-corrected chi connectivity index (χ3v) is 5.24. The van der Waals surface area contributed by atoms with E-state index in [1.54, 1.807) is 0 Å². The largest absolute Gasteiger partial charge is 0.323 e. The van der Waals surface area contributed by atoms with Gasteiger partial charge in [-0.25, -0.2) is 19.3 Å². The summed E-state index contributed by atoms with van der Waals surface area (Å²) in [7, 11) is 0. The van der Waals surface area contributed by atoms with Crippen molar-refractivity contribution in [3.8, 4) is 0 Å². The molecule has 1 aromatic carbocycles. The number of hydrogen-bond donors (Lipinski definition) is 1. The van der Waals surface area contributed by atoms with E-state index in [0.717, 1.165) is 24.2 Å². The molecule has 0 atom stereocenters. The first-order chi connectivity index (χ1) is 13.8. The normalized spacial score (nSPS) is 11.2. The number of carbonyl (C=O) groups excluding carboxylic acids is 1. The lowest BCUT2D eigenvalue weighted by atomic mass is 10.1. The molecule has 3 rings (SSSR count). The van der Waals surface area contributed by atoms with Gasteiger partial charge in [-0.1, -0.05) is 37.2 Å². The molecule has 0 aliphatic rings. The topological polar surface area (TPSA) is 89.8 Å². The van der Waals surface area contributed by atoms with Crippen molar-refractivity contribution >= 4 is 46.1 Å². The number of carbonyl (C=O) groups is 1. The van der Waals surface area contributed by atoms with Crippen molar-refractivity contribution in [1.82, 2.24) is 19.5 Å². The molecule has 0 spiro atoms. The van der Waals surface area contributed by atoms with Crippen LogP contribution in [0.15, 0.2) is 40.5 Å². The Morgan fingerprint density at radius 2 is 2.07 bits per heavy atom. The molecule has 2 heterocycles. The van der Waals surface area contributed by atoms with Gasteiger partial charge < -0.3 is 5.32 Å². The first-order valence-electron chi connectivity index (χ1n) is 8.94. The average Bonchev–Trinajstić information content (AvgIpc) is 2.68. The van der Waals surface area contributed by atoms with Crippen LogP contribution in [0.25, 0.3) is 11.2 Å². The van der Waals surface area contributed by atoms with Gasteiger partial charge in [0.25, 0.3) is 5.56 Å². The molecule has 3 aromatic rings. The second-order valence-electron chi connectivity index (χ2n) is 6.72. The molecular formula is C19H19ClFN5O2S. The minimum absolute atomic E-state index is 0.0366. The highest BCUT2D eigenvalue weighted by Crippen LogP contribution is 2.21. The summed E-state index contributed by atoms with van der Waals surface area (Å²) in [6.07, 6.45) is 3.67. The monoisotopic (exact) mass is 435 g/mol. The van der Waals surface area contributed by atoms with Gasteiger partial charge in [0.2, 0.25) is 5.91 Å². The van der Waals surface area contributed by atoms with Gasteiger partial charge in [-0.3, -0.25) is 14.2 Å². The molecule has 0 fully saturated rings. The SMILES string of the molecule is CC(C)CCn1c(SCC(=O)Nc2ccc(Cl)cc2F)nc2nccnc2c1=O. The lowest BCUT2D eigenvalue weighted by molar-refractivity contribution is -0.113. The molecule has 7 nitrogen and oxygen atoms in total. The van der Waals surface area contributed by atoms with E-state index in [1.165, 1.54) is 29.1 Å². The predicted molar refractivity (Wildman–Crippen MR) is 112 cm³/mol. The molecule has 0 aliphatic heterocycles. The van der Waals surface area contributed by atoms with Crippen molar-refractivity contribution in [2.75, 3.05) is 11.1 Å². The smallest absolute Gasteiger partial charge is 0.282 e. The van der Waals surface area contributed by atoms with Crippen LogP contribution in [0.4, 0.5) is 10.1 Å². The second kappa shape index (κ2) is 9.32. The number of fused-ring (bicyclic) bond motifs is 1. The summed E-state index contributed by atoms with van der Waals surface area (Å²) >= 11 is 6.81. The van der Waals surface area contributed by atoms with Gasteiger partial charge >= 0.3 is 0 Å². The Balaban J connectivity index is 1.81. The molecule has 1 amide bonds. The highest BCUT2D eigenvalue weighted by molar-refractivity contribution is 7.99. The number of rotatable bonds is 7. The van der Waals surface area contributed by atoms with Gasteiger partial charge in [-0.15, -0.1) is 0 Å². The number of anilines is 1. The van der Waals surface area contributed by atoms with Crippen LogP contribution in [-0.4, -0.2) is 31.2 Å². The van der Waals surface area contributed by atoms with Crippen molar-refractivity contribution in [3.05, 3.63) is 51.8 Å². The van der Waals surface area contributed by atoms with Crippen LogP contribution in [0.5, 0.6) is 0 Å². The molecule has 2 aromatic heterocycles. The lowest BCUT2D eigenvalue weighted by Crippen LogP contribution is -2.26. The van der Waals surface area contributed by atoms with E-state index in [-0.39, 0.29) is 33.2 Å². The summed E-state index contributed by atoms with van der Waals surface area (Å²) in [5, 5.41) is 3.10. The third kappa shape index (κ3) is 5.30. The number of benzene rings is 1. The van der Waals surface area contributed by atoms with Crippen LogP contribution in [0, 0.1) is 11.7 Å². The van der Waals surface area contributed by atoms with Gasteiger partial charge in [0, 0.05) is 24.0 Å². The Morgan fingerprint density at radius 1 is 1.31 bits per heavy atom. The summed E-state index contributed by atoms with van der Waals surface area (Å²) in [5.41, 5.74) is 0.156. The summed E-state index contributed by atoms with van der Waals surface area (Å²) in [6, 6.07) is 4.00. The predicted octanol–water partition coefficient (Wildman–Crippen LogP) is 3.76. The number of thioether (sulfide) groups is 1. The van der Waals surface area contributed by atoms with Crippen LogP contribution in [0.3, 0.4) is 0 Å². The Kier molecular flexibility index (Phi) is 6.81. The number of halogens is 2. The van der Waals surface area contributed by atoms with E-state index in [0.29, 0.717) is 17.6 Å². The van der Waals surface area contributed by atoms with Crippen LogP contribution >= 0.6 is 23.4 Å². The van der Waals surface area contributed by atoms with Gasteiger partial charge in [0.1, 0.15) is 5.82 Å². The van der Waals surface area contributed by atoms with E-state index in [4.69, 9.17) is 11.6 Å². The number of nitrogens with one attached hydrogen (secondary N) is 1. The van der Waals surface area contributed by atoms with Crippen LogP contribution in [-0.2, 0) is 11.3 Å². The standard InChI is InChI=1S/C19H19ClFN5O2S/c1-11(2)5-8-26-18(28)16-17(23-7-6-22-16)25-19(26)29-10-15(27)24-14-4-3-12(20)9-13(14)21/h3-4,6-7,9,11H,5,8,10H2,1-2H3,(H,24,27). The molecule has 10 heteroatoms. The summed E-state index contributed by atoms with van der Waals surface area (Å²) in [4.78, 5) is 37.7. The molecule has 1 N–H and O–H groups in total. The van der Waals surface area contributed by atoms with E-state index in [1.807, 2.05) is 0 Å². The fraction of sp³-hybridized carbons (Fsp3) is 0.316. The van der Waals surface area contributed by atoms with E-state index < -0.39 is 11.7 Å².